The van der Waals surface area contributed by atoms with Crippen molar-refractivity contribution in [1.82, 2.24) is 0 Å². The Morgan fingerprint density at radius 3 is 2.59 bits per heavy atom. The van der Waals surface area contributed by atoms with Crippen LogP contribution in [0.4, 0.5) is 0 Å². The van der Waals surface area contributed by atoms with Gasteiger partial charge in [-0.3, -0.25) is 5.14 Å². The molecular formula is C12H18BrNO2S. The molecule has 0 aromatic heterocycles. The summed E-state index contributed by atoms with van der Waals surface area (Å²) in [6.45, 7) is 5.74. The van der Waals surface area contributed by atoms with Crippen molar-refractivity contribution in [3.63, 3.8) is 0 Å². The van der Waals surface area contributed by atoms with E-state index in [4.69, 9.17) is 5.14 Å². The molecule has 0 heterocycles. The number of phenols is 1. The highest BCUT2D eigenvalue weighted by molar-refractivity contribution is 9.10. The number of nitrogens with two attached hydrogens (primary N) is 1. The molecule has 17 heavy (non-hydrogen) atoms. The Hall–Kier alpha value is -0.390. The zero-order valence-corrected chi connectivity index (χ0v) is 12.6. The summed E-state index contributed by atoms with van der Waals surface area (Å²) in [5.74, 6) is 0.357. The van der Waals surface area contributed by atoms with Crippen molar-refractivity contribution in [2.45, 2.75) is 37.9 Å². The number of rotatable bonds is 4. The molecule has 1 aromatic rings. The molecule has 3 N–H and O–H groups in total. The summed E-state index contributed by atoms with van der Waals surface area (Å²) in [6, 6.07) is 5.43. The van der Waals surface area contributed by atoms with Gasteiger partial charge in [-0.2, -0.15) is 0 Å². The smallest absolute Gasteiger partial charge is 0.120 e. The lowest BCUT2D eigenvalue weighted by atomic mass is 9.91. The van der Waals surface area contributed by atoms with Crippen LogP contribution in [0, 0.1) is 0 Å². The third-order valence-corrected chi connectivity index (χ3v) is 4.61. The second kappa shape index (κ2) is 5.50. The molecule has 0 fully saturated rings. The van der Waals surface area contributed by atoms with Crippen LogP contribution in [0.3, 0.4) is 0 Å². The summed E-state index contributed by atoms with van der Waals surface area (Å²) in [5, 5.41) is 15.3. The molecule has 1 aromatic carbocycles. The van der Waals surface area contributed by atoms with Gasteiger partial charge in [-0.15, -0.1) is 0 Å². The van der Waals surface area contributed by atoms with Crippen LogP contribution in [0.25, 0.3) is 0 Å². The predicted molar refractivity (Wildman–Crippen MR) is 75.2 cm³/mol. The molecule has 96 valence electrons. The van der Waals surface area contributed by atoms with E-state index < -0.39 is 15.7 Å². The fourth-order valence-corrected chi connectivity index (χ4v) is 2.63. The molecule has 5 heteroatoms. The van der Waals surface area contributed by atoms with Crippen LogP contribution in [0.1, 0.15) is 38.7 Å². The lowest BCUT2D eigenvalue weighted by Crippen LogP contribution is -2.33. The van der Waals surface area contributed by atoms with Gasteiger partial charge < -0.3 is 5.11 Å². The highest BCUT2D eigenvalue weighted by Crippen LogP contribution is 2.34. The van der Waals surface area contributed by atoms with Gasteiger partial charge in [0, 0.05) is 4.47 Å². The maximum atomic E-state index is 11.4. The maximum absolute atomic E-state index is 11.4. The molecule has 1 unspecified atom stereocenters. The molecule has 0 saturated carbocycles. The Morgan fingerprint density at radius 2 is 2.12 bits per heavy atom. The van der Waals surface area contributed by atoms with E-state index >= 15 is 0 Å². The number of phenolic OH excluding ortho intramolecular Hbond substituents is 1. The number of aromatic hydroxyl groups is 1. The average Bonchev–Trinajstić information content (AvgIpc) is 2.15. The Balaban J connectivity index is 2.90. The zero-order chi connectivity index (χ0) is 13.2. The first kappa shape index (κ1) is 14.7. The molecule has 0 aliphatic rings. The van der Waals surface area contributed by atoms with Crippen LogP contribution in [-0.2, 0) is 11.0 Å². The molecule has 1 rings (SSSR count). The summed E-state index contributed by atoms with van der Waals surface area (Å²) in [6.07, 6.45) is 0.658. The van der Waals surface area contributed by atoms with Gasteiger partial charge in [-0.25, -0.2) is 4.21 Å². The Morgan fingerprint density at radius 1 is 1.53 bits per heavy atom. The van der Waals surface area contributed by atoms with E-state index in [1.165, 1.54) is 0 Å². The highest BCUT2D eigenvalue weighted by Gasteiger charge is 2.27. The van der Waals surface area contributed by atoms with Crippen molar-refractivity contribution in [3.05, 3.63) is 28.2 Å². The van der Waals surface area contributed by atoms with Gasteiger partial charge in [-0.05, 0) is 43.9 Å². The molecular weight excluding hydrogens is 302 g/mol. The Kier molecular flexibility index (Phi) is 4.75. The fourth-order valence-electron chi connectivity index (χ4n) is 1.86. The van der Waals surface area contributed by atoms with Crippen molar-refractivity contribution < 1.29 is 9.32 Å². The topological polar surface area (TPSA) is 63.3 Å². The summed E-state index contributed by atoms with van der Waals surface area (Å²) in [7, 11) is -1.37. The first-order valence-electron chi connectivity index (χ1n) is 5.38. The quantitative estimate of drug-likeness (QED) is 0.895. The van der Waals surface area contributed by atoms with Gasteiger partial charge in [0.2, 0.25) is 0 Å². The Labute approximate surface area is 113 Å². The maximum Gasteiger partial charge on any atom is 0.120 e. The zero-order valence-electron chi connectivity index (χ0n) is 10.2. The van der Waals surface area contributed by atoms with Crippen LogP contribution < -0.4 is 5.14 Å². The SMILES string of the molecule is C[C@@H](CC(C)(C)S(N)=O)c1ccc(Br)cc1O. The number of halogens is 1. The average molecular weight is 320 g/mol. The van der Waals surface area contributed by atoms with E-state index in [1.54, 1.807) is 6.07 Å². The minimum absolute atomic E-state index is 0.102. The standard InChI is InChI=1S/C12H18BrNO2S/c1-8(7-12(2,3)17(14)16)10-5-4-9(13)6-11(10)15/h4-6,8,15H,7,14H2,1-3H3/t8-,17?/m0/s1. The predicted octanol–water partition coefficient (Wildman–Crippen LogP) is 3.05. The lowest BCUT2D eigenvalue weighted by molar-refractivity contribution is 0.453. The minimum Gasteiger partial charge on any atom is -0.508 e. The first-order valence-corrected chi connectivity index (χ1v) is 7.39. The van der Waals surface area contributed by atoms with Gasteiger partial charge in [0.15, 0.2) is 0 Å². The van der Waals surface area contributed by atoms with Gasteiger partial charge >= 0.3 is 0 Å². The van der Waals surface area contributed by atoms with Crippen molar-refractivity contribution in [2.24, 2.45) is 5.14 Å². The van der Waals surface area contributed by atoms with Crippen molar-refractivity contribution in [1.29, 1.82) is 0 Å². The molecule has 3 nitrogen and oxygen atoms in total. The number of hydrogen-bond donors (Lipinski definition) is 2. The number of hydrogen-bond acceptors (Lipinski definition) is 2. The van der Waals surface area contributed by atoms with Gasteiger partial charge in [0.25, 0.3) is 0 Å². The molecule has 0 amide bonds. The summed E-state index contributed by atoms with van der Waals surface area (Å²) >= 11 is 3.30. The molecule has 0 saturated heterocycles. The van der Waals surface area contributed by atoms with E-state index in [9.17, 15) is 9.32 Å². The largest absolute Gasteiger partial charge is 0.508 e. The summed E-state index contributed by atoms with van der Waals surface area (Å²) in [5.41, 5.74) is 0.853. The second-order valence-corrected chi connectivity index (χ2v) is 7.48. The van der Waals surface area contributed by atoms with Gasteiger partial charge in [-0.1, -0.05) is 28.9 Å². The van der Waals surface area contributed by atoms with Crippen LogP contribution in [0.15, 0.2) is 22.7 Å². The normalized spacial score (nSPS) is 15.6. The summed E-state index contributed by atoms with van der Waals surface area (Å²) < 4.78 is 11.8. The van der Waals surface area contributed by atoms with Crippen molar-refractivity contribution in [2.75, 3.05) is 0 Å². The minimum atomic E-state index is -1.37. The monoisotopic (exact) mass is 319 g/mol. The van der Waals surface area contributed by atoms with E-state index in [1.807, 2.05) is 32.9 Å². The molecule has 0 aliphatic heterocycles. The third kappa shape index (κ3) is 3.79. The Bertz CT molecular complexity index is 435. The fraction of sp³-hybridized carbons (Fsp3) is 0.500. The van der Waals surface area contributed by atoms with Crippen molar-refractivity contribution in [3.8, 4) is 5.75 Å². The third-order valence-electron chi connectivity index (χ3n) is 2.87. The van der Waals surface area contributed by atoms with E-state index in [-0.39, 0.29) is 11.7 Å². The van der Waals surface area contributed by atoms with E-state index in [0.717, 1.165) is 10.0 Å². The molecule has 2 atom stereocenters. The number of benzene rings is 1. The molecule has 0 spiro atoms. The second-order valence-electron chi connectivity index (χ2n) is 4.87. The first-order chi connectivity index (χ1) is 7.74. The van der Waals surface area contributed by atoms with Gasteiger partial charge in [0.05, 0.1) is 15.7 Å². The van der Waals surface area contributed by atoms with E-state index in [0.29, 0.717) is 6.42 Å². The molecule has 0 bridgehead atoms. The van der Waals surface area contributed by atoms with Crippen LogP contribution in [0.2, 0.25) is 0 Å². The molecule has 0 radical (unpaired) electrons. The lowest BCUT2D eigenvalue weighted by Gasteiger charge is -2.25. The summed E-state index contributed by atoms with van der Waals surface area (Å²) in [4.78, 5) is 0. The van der Waals surface area contributed by atoms with Crippen LogP contribution in [0.5, 0.6) is 5.75 Å². The van der Waals surface area contributed by atoms with Gasteiger partial charge in [0.1, 0.15) is 5.75 Å². The van der Waals surface area contributed by atoms with Crippen LogP contribution >= 0.6 is 15.9 Å². The van der Waals surface area contributed by atoms with Crippen molar-refractivity contribution >= 4 is 26.9 Å². The molecule has 0 aliphatic carbocycles. The van der Waals surface area contributed by atoms with Crippen LogP contribution in [-0.4, -0.2) is 14.1 Å². The highest BCUT2D eigenvalue weighted by atomic mass is 79.9. The van der Waals surface area contributed by atoms with E-state index in [2.05, 4.69) is 15.9 Å².